The number of piperidine rings is 2. The lowest BCUT2D eigenvalue weighted by Gasteiger charge is -2.47. The van der Waals surface area contributed by atoms with Crippen molar-refractivity contribution in [3.05, 3.63) is 12.3 Å². The van der Waals surface area contributed by atoms with E-state index in [2.05, 4.69) is 14.9 Å². The molecule has 0 radical (unpaired) electrons. The molecular formula is C16H24N4O3. The Morgan fingerprint density at radius 2 is 2.13 bits per heavy atom. The molecule has 2 saturated heterocycles. The minimum Gasteiger partial charge on any atom is -0.481 e. The van der Waals surface area contributed by atoms with Gasteiger partial charge in [0.15, 0.2) is 0 Å². The minimum absolute atomic E-state index is 0.0333. The van der Waals surface area contributed by atoms with E-state index in [-0.39, 0.29) is 17.9 Å². The van der Waals surface area contributed by atoms with Gasteiger partial charge in [0.05, 0.1) is 13.7 Å². The van der Waals surface area contributed by atoms with Crippen molar-refractivity contribution in [2.24, 2.45) is 5.41 Å². The molecule has 2 fully saturated rings. The van der Waals surface area contributed by atoms with Crippen molar-refractivity contribution >= 4 is 11.9 Å². The first-order chi connectivity index (χ1) is 11.2. The summed E-state index contributed by atoms with van der Waals surface area (Å²) in [5.74, 6) is 1.45. The van der Waals surface area contributed by atoms with Gasteiger partial charge in [-0.2, -0.15) is 4.98 Å². The number of methoxy groups -OCH3 is 1. The van der Waals surface area contributed by atoms with Crippen LogP contribution >= 0.6 is 0 Å². The largest absolute Gasteiger partial charge is 0.481 e. The van der Waals surface area contributed by atoms with Crippen molar-refractivity contribution in [3.63, 3.8) is 0 Å². The number of carbonyl (C=O) groups is 1. The zero-order valence-corrected chi connectivity index (χ0v) is 13.6. The van der Waals surface area contributed by atoms with Gasteiger partial charge in [-0.3, -0.25) is 4.79 Å². The number of amides is 1. The van der Waals surface area contributed by atoms with Crippen LogP contribution in [0.25, 0.3) is 0 Å². The molecule has 3 rings (SSSR count). The van der Waals surface area contributed by atoms with E-state index in [1.54, 1.807) is 19.4 Å². The van der Waals surface area contributed by atoms with E-state index < -0.39 is 0 Å². The van der Waals surface area contributed by atoms with Crippen LogP contribution in [0.15, 0.2) is 12.3 Å². The van der Waals surface area contributed by atoms with Crippen LogP contribution in [0.1, 0.15) is 25.7 Å². The molecule has 7 heteroatoms. The molecule has 0 bridgehead atoms. The number of β-amino-alcohol motifs (C(OH)–C–C–N with tert-alkyl or cyclic N) is 1. The van der Waals surface area contributed by atoms with Crippen molar-refractivity contribution in [1.29, 1.82) is 0 Å². The molecule has 0 atom stereocenters. The number of hydrogen-bond acceptors (Lipinski definition) is 6. The molecule has 0 unspecified atom stereocenters. The Morgan fingerprint density at radius 3 is 2.83 bits per heavy atom. The zero-order valence-electron chi connectivity index (χ0n) is 13.6. The Kier molecular flexibility index (Phi) is 4.66. The van der Waals surface area contributed by atoms with Crippen molar-refractivity contribution in [2.45, 2.75) is 25.7 Å². The normalized spacial score (nSPS) is 20.9. The van der Waals surface area contributed by atoms with Crippen molar-refractivity contribution in [3.8, 4) is 5.88 Å². The molecule has 0 aromatic carbocycles. The molecule has 3 heterocycles. The summed E-state index contributed by atoms with van der Waals surface area (Å²) in [4.78, 5) is 24.7. The van der Waals surface area contributed by atoms with E-state index in [9.17, 15) is 4.79 Å². The van der Waals surface area contributed by atoms with Gasteiger partial charge in [0.1, 0.15) is 0 Å². The first-order valence-electron chi connectivity index (χ1n) is 8.16. The van der Waals surface area contributed by atoms with E-state index in [1.807, 2.05) is 4.90 Å². The smallest absolute Gasteiger partial charge is 0.228 e. The number of aromatic nitrogens is 2. The van der Waals surface area contributed by atoms with Gasteiger partial charge in [-0.15, -0.1) is 0 Å². The van der Waals surface area contributed by atoms with Gasteiger partial charge in [0.25, 0.3) is 0 Å². The third kappa shape index (κ3) is 3.39. The number of aliphatic hydroxyl groups excluding tert-OH is 1. The molecule has 0 saturated carbocycles. The standard InChI is InChI=1S/C16H24N4O3/c1-23-13-3-7-17-15(18-13)19-8-5-16(6-9-19)4-2-14(22)20(12-16)10-11-21/h3,7,21H,2,4-6,8-12H2,1H3. The summed E-state index contributed by atoms with van der Waals surface area (Å²) in [6, 6.07) is 1.74. The maximum atomic E-state index is 11.9. The summed E-state index contributed by atoms with van der Waals surface area (Å²) >= 11 is 0. The number of aliphatic hydroxyl groups is 1. The second kappa shape index (κ2) is 6.70. The molecule has 1 spiro atoms. The Labute approximate surface area is 136 Å². The molecule has 1 aromatic heterocycles. The minimum atomic E-state index is 0.0333. The number of hydrogen-bond donors (Lipinski definition) is 1. The predicted octanol–water partition coefficient (Wildman–Crippen LogP) is 0.686. The van der Waals surface area contributed by atoms with Crippen LogP contribution in [0, 0.1) is 5.41 Å². The second-order valence-corrected chi connectivity index (χ2v) is 6.42. The predicted molar refractivity (Wildman–Crippen MR) is 85.4 cm³/mol. The third-order valence-corrected chi connectivity index (χ3v) is 5.05. The van der Waals surface area contributed by atoms with E-state index >= 15 is 0 Å². The first-order valence-corrected chi connectivity index (χ1v) is 8.16. The molecule has 0 aliphatic carbocycles. The summed E-state index contributed by atoms with van der Waals surface area (Å²) in [5.41, 5.74) is 0.179. The van der Waals surface area contributed by atoms with Crippen LogP contribution in [0.2, 0.25) is 0 Å². The van der Waals surface area contributed by atoms with Gasteiger partial charge in [-0.05, 0) is 24.7 Å². The van der Waals surface area contributed by atoms with Gasteiger partial charge in [0.2, 0.25) is 17.7 Å². The van der Waals surface area contributed by atoms with Crippen LogP contribution in [0.3, 0.4) is 0 Å². The molecule has 7 nitrogen and oxygen atoms in total. The van der Waals surface area contributed by atoms with Crippen molar-refractivity contribution in [1.82, 2.24) is 14.9 Å². The highest BCUT2D eigenvalue weighted by molar-refractivity contribution is 5.77. The van der Waals surface area contributed by atoms with Crippen LogP contribution in [0.5, 0.6) is 5.88 Å². The molecule has 23 heavy (non-hydrogen) atoms. The maximum Gasteiger partial charge on any atom is 0.228 e. The van der Waals surface area contributed by atoms with Crippen molar-refractivity contribution < 1.29 is 14.6 Å². The second-order valence-electron chi connectivity index (χ2n) is 6.42. The summed E-state index contributed by atoms with van der Waals surface area (Å²) in [6.45, 7) is 3.01. The van der Waals surface area contributed by atoms with Crippen LogP contribution in [0.4, 0.5) is 5.95 Å². The highest BCUT2D eigenvalue weighted by Gasteiger charge is 2.41. The van der Waals surface area contributed by atoms with Crippen LogP contribution < -0.4 is 9.64 Å². The quantitative estimate of drug-likeness (QED) is 0.879. The highest BCUT2D eigenvalue weighted by atomic mass is 16.5. The number of anilines is 1. The molecule has 1 N–H and O–H groups in total. The molecule has 1 amide bonds. The Bertz CT molecular complexity index is 558. The van der Waals surface area contributed by atoms with E-state index in [1.165, 1.54) is 0 Å². The van der Waals surface area contributed by atoms with Gasteiger partial charge in [-0.1, -0.05) is 0 Å². The Hall–Kier alpha value is -1.89. The molecule has 126 valence electrons. The Morgan fingerprint density at radius 1 is 1.35 bits per heavy atom. The van der Waals surface area contributed by atoms with E-state index in [0.717, 1.165) is 38.9 Å². The first kappa shape index (κ1) is 16.0. The summed E-state index contributed by atoms with van der Waals surface area (Å²) in [5, 5.41) is 9.13. The fraction of sp³-hybridized carbons (Fsp3) is 0.688. The highest BCUT2D eigenvalue weighted by Crippen LogP contribution is 2.40. The fourth-order valence-corrected chi connectivity index (χ4v) is 3.61. The average molecular weight is 320 g/mol. The maximum absolute atomic E-state index is 11.9. The van der Waals surface area contributed by atoms with E-state index in [0.29, 0.717) is 24.8 Å². The SMILES string of the molecule is COc1ccnc(N2CCC3(CCC(=O)N(CCO)C3)CC2)n1. The lowest BCUT2D eigenvalue weighted by Crippen LogP contribution is -2.52. The van der Waals surface area contributed by atoms with Gasteiger partial charge >= 0.3 is 0 Å². The molecule has 1 aromatic rings. The fourth-order valence-electron chi connectivity index (χ4n) is 3.61. The number of rotatable bonds is 4. The number of ether oxygens (including phenoxy) is 1. The molecule has 2 aliphatic rings. The number of nitrogens with zero attached hydrogens (tertiary/aromatic N) is 4. The Balaban J connectivity index is 1.64. The number of likely N-dealkylation sites (tertiary alicyclic amines) is 1. The molecular weight excluding hydrogens is 296 g/mol. The lowest BCUT2D eigenvalue weighted by atomic mass is 9.72. The van der Waals surface area contributed by atoms with Gasteiger partial charge in [0, 0.05) is 44.9 Å². The van der Waals surface area contributed by atoms with Crippen molar-refractivity contribution in [2.75, 3.05) is 44.8 Å². The average Bonchev–Trinajstić information content (AvgIpc) is 2.59. The topological polar surface area (TPSA) is 78.8 Å². The zero-order chi connectivity index (χ0) is 16.3. The van der Waals surface area contributed by atoms with Gasteiger partial charge in [-0.25, -0.2) is 4.98 Å². The lowest BCUT2D eigenvalue weighted by molar-refractivity contribution is -0.138. The summed E-state index contributed by atoms with van der Waals surface area (Å²) < 4.78 is 5.16. The number of carbonyl (C=O) groups excluding carboxylic acids is 1. The van der Waals surface area contributed by atoms with E-state index in [4.69, 9.17) is 9.84 Å². The van der Waals surface area contributed by atoms with Crippen LogP contribution in [-0.2, 0) is 4.79 Å². The summed E-state index contributed by atoms with van der Waals surface area (Å²) in [7, 11) is 1.60. The monoisotopic (exact) mass is 320 g/mol. The van der Waals surface area contributed by atoms with Crippen LogP contribution in [-0.4, -0.2) is 65.8 Å². The summed E-state index contributed by atoms with van der Waals surface area (Å²) in [6.07, 6.45) is 5.29. The molecule has 2 aliphatic heterocycles. The third-order valence-electron chi connectivity index (χ3n) is 5.05. The van der Waals surface area contributed by atoms with Gasteiger partial charge < -0.3 is 19.6 Å².